The summed E-state index contributed by atoms with van der Waals surface area (Å²) in [5.74, 6) is -0.503. The first-order chi connectivity index (χ1) is 12.2. The smallest absolute Gasteiger partial charge is 0.224 e. The topological polar surface area (TPSA) is 66.5 Å². The molecule has 1 heterocycles. The standard InChI is InChI=1S/C18H26Cl2N2O3S/c1-3-5-13(2)21-18(23)15-6-4-9-22(11-15)26(24,25)12-14-7-8-16(19)17(20)10-14/h7-8,10,13,15H,3-6,9,11-12H2,1-2H3,(H,21,23)/t13-,15+/m1/s1. The predicted octanol–water partition coefficient (Wildman–Crippen LogP) is 3.84. The van der Waals surface area contributed by atoms with Crippen LogP contribution in [0.1, 0.15) is 45.1 Å². The van der Waals surface area contributed by atoms with Gasteiger partial charge in [0.2, 0.25) is 15.9 Å². The minimum absolute atomic E-state index is 0.0552. The van der Waals surface area contributed by atoms with Crippen molar-refractivity contribution in [2.24, 2.45) is 5.92 Å². The van der Waals surface area contributed by atoms with Gasteiger partial charge in [0.05, 0.1) is 21.7 Å². The van der Waals surface area contributed by atoms with Gasteiger partial charge in [-0.25, -0.2) is 12.7 Å². The second-order valence-corrected chi connectivity index (χ2v) is 9.68. The molecule has 146 valence electrons. The van der Waals surface area contributed by atoms with Gasteiger partial charge in [-0.2, -0.15) is 0 Å². The Bertz CT molecular complexity index is 740. The minimum atomic E-state index is -3.52. The van der Waals surface area contributed by atoms with Crippen molar-refractivity contribution in [2.75, 3.05) is 13.1 Å². The van der Waals surface area contributed by atoms with Gasteiger partial charge in [0.15, 0.2) is 0 Å². The maximum Gasteiger partial charge on any atom is 0.224 e. The molecule has 1 aliphatic rings. The molecule has 0 aromatic heterocycles. The molecular weight excluding hydrogens is 395 g/mol. The van der Waals surface area contributed by atoms with Gasteiger partial charge < -0.3 is 5.32 Å². The Balaban J connectivity index is 2.02. The molecule has 1 saturated heterocycles. The zero-order valence-corrected chi connectivity index (χ0v) is 17.5. The van der Waals surface area contributed by atoms with Crippen molar-refractivity contribution in [2.45, 2.75) is 51.3 Å². The number of carbonyl (C=O) groups is 1. The predicted molar refractivity (Wildman–Crippen MR) is 106 cm³/mol. The number of amides is 1. The van der Waals surface area contributed by atoms with E-state index < -0.39 is 10.0 Å². The van der Waals surface area contributed by atoms with Gasteiger partial charge in [0.25, 0.3) is 0 Å². The average Bonchev–Trinajstić information content (AvgIpc) is 2.58. The summed E-state index contributed by atoms with van der Waals surface area (Å²) in [4.78, 5) is 12.4. The van der Waals surface area contributed by atoms with Crippen molar-refractivity contribution in [3.05, 3.63) is 33.8 Å². The van der Waals surface area contributed by atoms with Crippen molar-refractivity contribution in [1.82, 2.24) is 9.62 Å². The van der Waals surface area contributed by atoms with E-state index in [0.717, 1.165) is 12.8 Å². The van der Waals surface area contributed by atoms with E-state index >= 15 is 0 Å². The van der Waals surface area contributed by atoms with Gasteiger partial charge in [0, 0.05) is 19.1 Å². The fourth-order valence-electron chi connectivity index (χ4n) is 3.21. The zero-order chi connectivity index (χ0) is 19.3. The molecule has 1 fully saturated rings. The second-order valence-electron chi connectivity index (χ2n) is 6.90. The van der Waals surface area contributed by atoms with E-state index in [9.17, 15) is 13.2 Å². The molecule has 0 saturated carbocycles. The Morgan fingerprint density at radius 1 is 1.35 bits per heavy atom. The van der Waals surface area contributed by atoms with Crippen LogP contribution in [0.25, 0.3) is 0 Å². The zero-order valence-electron chi connectivity index (χ0n) is 15.2. The molecule has 0 unspecified atom stereocenters. The number of sulfonamides is 1. The van der Waals surface area contributed by atoms with Crippen molar-refractivity contribution in [3.63, 3.8) is 0 Å². The van der Waals surface area contributed by atoms with Gasteiger partial charge in [0.1, 0.15) is 0 Å². The third kappa shape index (κ3) is 5.84. The van der Waals surface area contributed by atoms with Crippen LogP contribution in [-0.2, 0) is 20.6 Å². The number of hydrogen-bond acceptors (Lipinski definition) is 3. The van der Waals surface area contributed by atoms with Gasteiger partial charge >= 0.3 is 0 Å². The van der Waals surface area contributed by atoms with Crippen molar-refractivity contribution >= 4 is 39.1 Å². The number of benzene rings is 1. The quantitative estimate of drug-likeness (QED) is 0.728. The number of nitrogens with zero attached hydrogens (tertiary/aromatic N) is 1. The highest BCUT2D eigenvalue weighted by molar-refractivity contribution is 7.88. The van der Waals surface area contributed by atoms with Crippen LogP contribution in [0.15, 0.2) is 18.2 Å². The Kier molecular flexibility index (Phi) is 7.76. The summed E-state index contributed by atoms with van der Waals surface area (Å²) in [5, 5.41) is 3.72. The van der Waals surface area contributed by atoms with Crippen LogP contribution in [-0.4, -0.2) is 37.8 Å². The molecule has 2 rings (SSSR count). The molecule has 1 aliphatic heterocycles. The van der Waals surface area contributed by atoms with Crippen molar-refractivity contribution in [1.29, 1.82) is 0 Å². The van der Waals surface area contributed by atoms with Gasteiger partial charge in [-0.3, -0.25) is 4.79 Å². The highest BCUT2D eigenvalue weighted by atomic mass is 35.5. The first kappa shape index (κ1) is 21.5. The molecule has 8 heteroatoms. The summed E-state index contributed by atoms with van der Waals surface area (Å²) >= 11 is 11.9. The molecule has 2 atom stereocenters. The SMILES string of the molecule is CCC[C@@H](C)NC(=O)[C@H]1CCCN(S(=O)(=O)Cc2ccc(Cl)c(Cl)c2)C1. The van der Waals surface area contributed by atoms with E-state index in [1.807, 2.05) is 6.92 Å². The lowest BCUT2D eigenvalue weighted by atomic mass is 9.98. The summed E-state index contributed by atoms with van der Waals surface area (Å²) in [5.41, 5.74) is 0.586. The van der Waals surface area contributed by atoms with Crippen LogP contribution in [0.3, 0.4) is 0 Å². The van der Waals surface area contributed by atoms with Crippen LogP contribution < -0.4 is 5.32 Å². The minimum Gasteiger partial charge on any atom is -0.353 e. The summed E-state index contributed by atoms with van der Waals surface area (Å²) < 4.78 is 26.9. The third-order valence-corrected chi connectivity index (χ3v) is 7.15. The Morgan fingerprint density at radius 2 is 2.08 bits per heavy atom. The van der Waals surface area contributed by atoms with Gasteiger partial charge in [-0.05, 0) is 43.9 Å². The van der Waals surface area contributed by atoms with Crippen molar-refractivity contribution in [3.8, 4) is 0 Å². The van der Waals surface area contributed by atoms with E-state index in [-0.39, 0.29) is 30.2 Å². The fraction of sp³-hybridized carbons (Fsp3) is 0.611. The van der Waals surface area contributed by atoms with Gasteiger partial charge in [-0.15, -0.1) is 0 Å². The summed E-state index contributed by atoms with van der Waals surface area (Å²) in [7, 11) is -3.52. The number of nitrogens with one attached hydrogen (secondary N) is 1. The molecular formula is C18H26Cl2N2O3S. The van der Waals surface area contributed by atoms with E-state index in [4.69, 9.17) is 23.2 Å². The van der Waals surface area contributed by atoms with E-state index in [1.165, 1.54) is 4.31 Å². The van der Waals surface area contributed by atoms with E-state index in [0.29, 0.717) is 35.0 Å². The molecule has 1 N–H and O–H groups in total. The molecule has 5 nitrogen and oxygen atoms in total. The number of halogens is 2. The van der Waals surface area contributed by atoms with Crippen LogP contribution in [0.2, 0.25) is 10.0 Å². The molecule has 26 heavy (non-hydrogen) atoms. The van der Waals surface area contributed by atoms with E-state index in [1.54, 1.807) is 18.2 Å². The lowest BCUT2D eigenvalue weighted by Gasteiger charge is -2.32. The van der Waals surface area contributed by atoms with Crippen LogP contribution >= 0.6 is 23.2 Å². The summed E-state index contributed by atoms with van der Waals surface area (Å²) in [6.07, 6.45) is 3.30. The van der Waals surface area contributed by atoms with Crippen LogP contribution in [0.5, 0.6) is 0 Å². The van der Waals surface area contributed by atoms with Crippen molar-refractivity contribution < 1.29 is 13.2 Å². The number of rotatable bonds is 7. The summed E-state index contributed by atoms with van der Waals surface area (Å²) in [6.45, 7) is 4.72. The largest absolute Gasteiger partial charge is 0.353 e. The maximum absolute atomic E-state index is 12.8. The first-order valence-electron chi connectivity index (χ1n) is 8.95. The number of carbonyl (C=O) groups excluding carboxylic acids is 1. The average molecular weight is 421 g/mol. The molecule has 1 aromatic rings. The number of piperidine rings is 1. The molecule has 0 aliphatic carbocycles. The molecule has 1 amide bonds. The number of hydrogen-bond donors (Lipinski definition) is 1. The second kappa shape index (κ2) is 9.40. The van der Waals surface area contributed by atoms with Gasteiger partial charge in [-0.1, -0.05) is 42.6 Å². The molecule has 0 bridgehead atoms. The fourth-order valence-corrected chi connectivity index (χ4v) is 5.12. The third-order valence-electron chi connectivity index (χ3n) is 4.59. The first-order valence-corrected chi connectivity index (χ1v) is 11.3. The van der Waals surface area contributed by atoms with Crippen LogP contribution in [0.4, 0.5) is 0 Å². The lowest BCUT2D eigenvalue weighted by Crippen LogP contribution is -2.47. The summed E-state index contributed by atoms with van der Waals surface area (Å²) in [6, 6.07) is 4.93. The molecule has 0 spiro atoms. The monoisotopic (exact) mass is 420 g/mol. The molecule has 1 aromatic carbocycles. The Hall–Kier alpha value is -0.820. The Morgan fingerprint density at radius 3 is 2.73 bits per heavy atom. The highest BCUT2D eigenvalue weighted by Crippen LogP contribution is 2.26. The highest BCUT2D eigenvalue weighted by Gasteiger charge is 2.32. The lowest BCUT2D eigenvalue weighted by molar-refractivity contribution is -0.126. The normalized spacial score (nSPS) is 19.9. The van der Waals surface area contributed by atoms with Crippen LogP contribution in [0, 0.1) is 5.92 Å². The maximum atomic E-state index is 12.8. The Labute approximate surface area is 166 Å². The van der Waals surface area contributed by atoms with E-state index in [2.05, 4.69) is 12.2 Å². The molecule has 0 radical (unpaired) electrons.